The van der Waals surface area contributed by atoms with E-state index in [0.717, 1.165) is 24.4 Å². The quantitative estimate of drug-likeness (QED) is 0.679. The van der Waals surface area contributed by atoms with Gasteiger partial charge < -0.3 is 5.32 Å². The third kappa shape index (κ3) is 5.58. The molecule has 24 heavy (non-hydrogen) atoms. The van der Waals surface area contributed by atoms with Crippen LogP contribution >= 0.6 is 0 Å². The van der Waals surface area contributed by atoms with Gasteiger partial charge in [0.15, 0.2) is 5.82 Å². The van der Waals surface area contributed by atoms with Gasteiger partial charge in [0.05, 0.1) is 6.42 Å². The average Bonchev–Trinajstić information content (AvgIpc) is 2.92. The summed E-state index contributed by atoms with van der Waals surface area (Å²) in [6, 6.07) is 1.95. The van der Waals surface area contributed by atoms with Crippen LogP contribution in [0.25, 0.3) is 5.78 Å². The average molecular weight is 331 g/mol. The van der Waals surface area contributed by atoms with E-state index in [-0.39, 0.29) is 12.3 Å². The smallest absolute Gasteiger partial charge is 0.252 e. The second-order valence-corrected chi connectivity index (χ2v) is 6.43. The van der Waals surface area contributed by atoms with Crippen LogP contribution in [0.1, 0.15) is 69.1 Å². The third-order valence-electron chi connectivity index (χ3n) is 4.08. The van der Waals surface area contributed by atoms with Crippen LogP contribution in [0.15, 0.2) is 6.07 Å². The van der Waals surface area contributed by atoms with E-state index in [4.69, 9.17) is 0 Å². The molecule has 0 bridgehead atoms. The van der Waals surface area contributed by atoms with Crippen LogP contribution in [-0.4, -0.2) is 32.0 Å². The molecule has 0 unspecified atom stereocenters. The molecule has 1 N–H and O–H groups in total. The maximum atomic E-state index is 12.0. The Balaban J connectivity index is 1.70. The second-order valence-electron chi connectivity index (χ2n) is 6.43. The molecule has 6 heteroatoms. The first kappa shape index (κ1) is 18.4. The van der Waals surface area contributed by atoms with Crippen molar-refractivity contribution in [2.75, 3.05) is 6.54 Å². The SMILES string of the molecule is CCCCCCCCCNC(=O)Cc1nc2nc(C)cc(C)n2n1. The first-order valence-corrected chi connectivity index (χ1v) is 9.06. The highest BCUT2D eigenvalue weighted by molar-refractivity contribution is 5.77. The highest BCUT2D eigenvalue weighted by Gasteiger charge is 2.11. The number of aromatic nitrogens is 4. The Morgan fingerprint density at radius 2 is 1.79 bits per heavy atom. The predicted molar refractivity (Wildman–Crippen MR) is 95.0 cm³/mol. The number of nitrogens with one attached hydrogen (secondary N) is 1. The van der Waals surface area contributed by atoms with Crippen molar-refractivity contribution < 1.29 is 4.79 Å². The van der Waals surface area contributed by atoms with Crippen LogP contribution in [0.5, 0.6) is 0 Å². The first-order chi connectivity index (χ1) is 11.6. The highest BCUT2D eigenvalue weighted by Crippen LogP contribution is 2.07. The van der Waals surface area contributed by atoms with Crippen molar-refractivity contribution in [3.8, 4) is 0 Å². The van der Waals surface area contributed by atoms with E-state index in [1.807, 2.05) is 19.9 Å². The van der Waals surface area contributed by atoms with Crippen molar-refractivity contribution in [3.63, 3.8) is 0 Å². The third-order valence-corrected chi connectivity index (χ3v) is 4.08. The lowest BCUT2D eigenvalue weighted by atomic mass is 10.1. The molecular weight excluding hydrogens is 302 g/mol. The first-order valence-electron chi connectivity index (χ1n) is 9.06. The van der Waals surface area contributed by atoms with E-state index < -0.39 is 0 Å². The van der Waals surface area contributed by atoms with Crippen LogP contribution in [-0.2, 0) is 11.2 Å². The molecule has 0 aromatic carbocycles. The minimum absolute atomic E-state index is 0.0220. The summed E-state index contributed by atoms with van der Waals surface area (Å²) >= 11 is 0. The molecule has 2 aromatic rings. The van der Waals surface area contributed by atoms with Gasteiger partial charge in [-0.15, -0.1) is 5.10 Å². The van der Waals surface area contributed by atoms with Crippen molar-refractivity contribution in [2.45, 2.75) is 72.1 Å². The number of carbonyl (C=O) groups excluding carboxylic acids is 1. The molecule has 0 aliphatic rings. The molecule has 0 aliphatic heterocycles. The van der Waals surface area contributed by atoms with Gasteiger partial charge in [-0.1, -0.05) is 45.4 Å². The van der Waals surface area contributed by atoms with Gasteiger partial charge >= 0.3 is 0 Å². The second kappa shape index (κ2) is 9.35. The van der Waals surface area contributed by atoms with Crippen LogP contribution in [0.2, 0.25) is 0 Å². The zero-order valence-electron chi connectivity index (χ0n) is 15.1. The summed E-state index contributed by atoms with van der Waals surface area (Å²) in [7, 11) is 0. The monoisotopic (exact) mass is 331 g/mol. The molecule has 0 radical (unpaired) electrons. The van der Waals surface area contributed by atoms with Crippen LogP contribution in [0.4, 0.5) is 0 Å². The van der Waals surface area contributed by atoms with Crippen LogP contribution < -0.4 is 5.32 Å². The fourth-order valence-corrected chi connectivity index (χ4v) is 2.80. The summed E-state index contributed by atoms with van der Waals surface area (Å²) in [6.45, 7) is 6.85. The molecule has 0 atom stereocenters. The lowest BCUT2D eigenvalue weighted by Crippen LogP contribution is -2.26. The molecule has 2 rings (SSSR count). The Morgan fingerprint density at radius 1 is 1.08 bits per heavy atom. The van der Waals surface area contributed by atoms with Gasteiger partial charge in [0.2, 0.25) is 5.91 Å². The number of carbonyl (C=O) groups is 1. The van der Waals surface area contributed by atoms with E-state index in [0.29, 0.717) is 11.6 Å². The molecule has 0 spiro atoms. The Bertz CT molecular complexity index is 665. The van der Waals surface area contributed by atoms with Gasteiger partial charge in [0, 0.05) is 17.9 Å². The van der Waals surface area contributed by atoms with Crippen molar-refractivity contribution in [1.82, 2.24) is 24.9 Å². The van der Waals surface area contributed by atoms with Crippen LogP contribution in [0.3, 0.4) is 0 Å². The topological polar surface area (TPSA) is 72.2 Å². The van der Waals surface area contributed by atoms with E-state index in [1.165, 1.54) is 38.5 Å². The Labute approximate surface area is 144 Å². The molecule has 0 fully saturated rings. The van der Waals surface area contributed by atoms with Crippen molar-refractivity contribution in [2.24, 2.45) is 0 Å². The lowest BCUT2D eigenvalue weighted by Gasteiger charge is -2.04. The molecule has 2 aromatic heterocycles. The number of hydrogen-bond donors (Lipinski definition) is 1. The number of unbranched alkanes of at least 4 members (excludes halogenated alkanes) is 6. The number of rotatable bonds is 10. The summed E-state index contributed by atoms with van der Waals surface area (Å²) in [5.74, 6) is 1.06. The Kier molecular flexibility index (Phi) is 7.15. The number of aryl methyl sites for hydroxylation is 2. The Hall–Kier alpha value is -1.98. The molecular formula is C18H29N5O. The maximum Gasteiger partial charge on any atom is 0.252 e. The van der Waals surface area contributed by atoms with E-state index in [1.54, 1.807) is 4.52 Å². The number of hydrogen-bond acceptors (Lipinski definition) is 4. The fourth-order valence-electron chi connectivity index (χ4n) is 2.80. The molecule has 0 aliphatic carbocycles. The minimum atomic E-state index is -0.0220. The fraction of sp³-hybridized carbons (Fsp3) is 0.667. The number of amides is 1. The molecule has 0 saturated carbocycles. The lowest BCUT2D eigenvalue weighted by molar-refractivity contribution is -0.120. The Morgan fingerprint density at radius 3 is 2.54 bits per heavy atom. The summed E-state index contributed by atoms with van der Waals surface area (Å²) in [4.78, 5) is 20.7. The van der Waals surface area contributed by atoms with Gasteiger partial charge in [-0.05, 0) is 26.3 Å². The largest absolute Gasteiger partial charge is 0.356 e. The molecule has 6 nitrogen and oxygen atoms in total. The summed E-state index contributed by atoms with van der Waals surface area (Å²) in [6.07, 6.45) is 8.92. The van der Waals surface area contributed by atoms with Crippen molar-refractivity contribution in [1.29, 1.82) is 0 Å². The number of nitrogens with zero attached hydrogens (tertiary/aromatic N) is 4. The summed E-state index contributed by atoms with van der Waals surface area (Å²) < 4.78 is 1.69. The molecule has 1 amide bonds. The standard InChI is InChI=1S/C18H29N5O/c1-4-5-6-7-8-9-10-11-19-17(24)13-16-21-18-20-14(2)12-15(3)23(18)22-16/h12H,4-11,13H2,1-3H3,(H,19,24). The van der Waals surface area contributed by atoms with Gasteiger partial charge in [0.25, 0.3) is 5.78 Å². The number of fused-ring (bicyclic) bond motifs is 1. The zero-order valence-corrected chi connectivity index (χ0v) is 15.1. The molecule has 0 saturated heterocycles. The van der Waals surface area contributed by atoms with Gasteiger partial charge in [-0.2, -0.15) is 4.98 Å². The van der Waals surface area contributed by atoms with Crippen molar-refractivity contribution >= 4 is 11.7 Å². The van der Waals surface area contributed by atoms with Gasteiger partial charge in [0.1, 0.15) is 0 Å². The van der Waals surface area contributed by atoms with E-state index >= 15 is 0 Å². The highest BCUT2D eigenvalue weighted by atomic mass is 16.1. The normalized spacial score (nSPS) is 11.1. The van der Waals surface area contributed by atoms with E-state index in [2.05, 4.69) is 27.3 Å². The molecule has 132 valence electrons. The summed E-state index contributed by atoms with van der Waals surface area (Å²) in [5, 5.41) is 7.32. The minimum Gasteiger partial charge on any atom is -0.356 e. The van der Waals surface area contributed by atoms with Crippen LogP contribution in [0, 0.1) is 13.8 Å². The van der Waals surface area contributed by atoms with Gasteiger partial charge in [-0.25, -0.2) is 9.50 Å². The summed E-state index contributed by atoms with van der Waals surface area (Å²) in [5.41, 5.74) is 1.88. The van der Waals surface area contributed by atoms with Crippen molar-refractivity contribution in [3.05, 3.63) is 23.3 Å². The zero-order chi connectivity index (χ0) is 17.4. The van der Waals surface area contributed by atoms with Gasteiger partial charge in [-0.3, -0.25) is 4.79 Å². The predicted octanol–water partition coefficient (Wildman–Crippen LogP) is 3.15. The van der Waals surface area contributed by atoms with E-state index in [9.17, 15) is 4.79 Å². The molecule has 2 heterocycles. The maximum absolute atomic E-state index is 12.0.